The van der Waals surface area contributed by atoms with Crippen LogP contribution in [0.3, 0.4) is 0 Å². The van der Waals surface area contributed by atoms with Crippen LogP contribution in [0, 0.1) is 17.7 Å². The maximum Gasteiger partial charge on any atom is 0.252 e. The molecule has 5 nitrogen and oxygen atoms in total. The number of hydrogen-bond donors (Lipinski definition) is 3. The number of benzene rings is 1. The quantitative estimate of drug-likeness (QED) is 0.722. The molecule has 0 unspecified atom stereocenters. The Morgan fingerprint density at radius 1 is 1.50 bits per heavy atom. The average molecular weight is 272 g/mol. The first kappa shape index (κ1) is 13.8. The first-order valence-electron chi connectivity index (χ1n) is 5.95. The molecule has 6 heteroatoms. The van der Waals surface area contributed by atoms with Gasteiger partial charge in [0.25, 0.3) is 5.91 Å². The lowest BCUT2D eigenvalue weighted by molar-refractivity contribution is 0.0950. The van der Waals surface area contributed by atoms with Crippen molar-refractivity contribution in [2.75, 3.05) is 6.54 Å². The van der Waals surface area contributed by atoms with Gasteiger partial charge in [0.15, 0.2) is 0 Å². The van der Waals surface area contributed by atoms with E-state index in [-0.39, 0.29) is 12.1 Å². The van der Waals surface area contributed by atoms with E-state index in [4.69, 9.17) is 5.73 Å². The standard InChI is InChI=1S/C14H13FN4O/c15-12-4-3-11(2-1-5-16)13(6-12)14(20)17-7-10-8-18-19-9-10/h3-4,6,8-9H,5,7,16H2,(H,17,20)(H,18,19). The third-order valence-electron chi connectivity index (χ3n) is 2.56. The van der Waals surface area contributed by atoms with E-state index in [9.17, 15) is 9.18 Å². The van der Waals surface area contributed by atoms with Gasteiger partial charge in [-0.25, -0.2) is 4.39 Å². The first-order valence-corrected chi connectivity index (χ1v) is 5.95. The average Bonchev–Trinajstić information content (AvgIpc) is 2.96. The Bertz CT molecular complexity index is 656. The fourth-order valence-corrected chi connectivity index (χ4v) is 1.61. The van der Waals surface area contributed by atoms with E-state index >= 15 is 0 Å². The second kappa shape index (κ2) is 6.50. The summed E-state index contributed by atoms with van der Waals surface area (Å²) in [5.74, 6) is 4.52. The van der Waals surface area contributed by atoms with Crippen molar-refractivity contribution in [1.29, 1.82) is 0 Å². The highest BCUT2D eigenvalue weighted by Crippen LogP contribution is 2.10. The maximum atomic E-state index is 13.3. The zero-order chi connectivity index (χ0) is 14.4. The lowest BCUT2D eigenvalue weighted by Crippen LogP contribution is -2.23. The fraction of sp³-hybridized carbons (Fsp3) is 0.143. The molecule has 0 saturated heterocycles. The number of carbonyl (C=O) groups excluding carboxylic acids is 1. The third-order valence-corrected chi connectivity index (χ3v) is 2.56. The summed E-state index contributed by atoms with van der Waals surface area (Å²) in [7, 11) is 0. The highest BCUT2D eigenvalue weighted by Gasteiger charge is 2.11. The predicted molar refractivity (Wildman–Crippen MR) is 72.1 cm³/mol. The summed E-state index contributed by atoms with van der Waals surface area (Å²) in [6.45, 7) is 0.475. The van der Waals surface area contributed by atoms with E-state index in [1.165, 1.54) is 12.1 Å². The van der Waals surface area contributed by atoms with E-state index in [1.54, 1.807) is 12.4 Å². The Hall–Kier alpha value is -2.65. The fourth-order valence-electron chi connectivity index (χ4n) is 1.61. The molecule has 20 heavy (non-hydrogen) atoms. The molecule has 0 saturated carbocycles. The number of hydrogen-bond acceptors (Lipinski definition) is 3. The molecule has 0 radical (unpaired) electrons. The smallest absolute Gasteiger partial charge is 0.252 e. The summed E-state index contributed by atoms with van der Waals surface area (Å²) in [5.41, 5.74) is 6.76. The molecule has 0 aliphatic heterocycles. The van der Waals surface area contributed by atoms with Crippen molar-refractivity contribution in [3.8, 4) is 11.8 Å². The highest BCUT2D eigenvalue weighted by atomic mass is 19.1. The molecule has 1 heterocycles. The molecule has 0 fully saturated rings. The Balaban J connectivity index is 2.17. The van der Waals surface area contributed by atoms with Gasteiger partial charge in [0.2, 0.25) is 0 Å². The summed E-state index contributed by atoms with van der Waals surface area (Å²) in [6.07, 6.45) is 3.27. The lowest BCUT2D eigenvalue weighted by Gasteiger charge is -2.06. The molecular formula is C14H13FN4O. The summed E-state index contributed by atoms with van der Waals surface area (Å²) in [5, 5.41) is 9.10. The molecule has 2 aromatic rings. The SMILES string of the molecule is NCC#Cc1ccc(F)cc1C(=O)NCc1cn[nH]c1. The van der Waals surface area contributed by atoms with E-state index in [2.05, 4.69) is 27.4 Å². The largest absolute Gasteiger partial charge is 0.348 e. The molecule has 0 aliphatic rings. The summed E-state index contributed by atoms with van der Waals surface area (Å²) >= 11 is 0. The van der Waals surface area contributed by atoms with Gasteiger partial charge >= 0.3 is 0 Å². The number of amides is 1. The van der Waals surface area contributed by atoms with Gasteiger partial charge in [-0.3, -0.25) is 9.89 Å². The number of aromatic amines is 1. The van der Waals surface area contributed by atoms with Crippen LogP contribution in [0.15, 0.2) is 30.6 Å². The second-order valence-corrected chi connectivity index (χ2v) is 3.99. The minimum absolute atomic E-state index is 0.174. The topological polar surface area (TPSA) is 83.8 Å². The third kappa shape index (κ3) is 3.43. The normalized spacial score (nSPS) is 9.70. The number of rotatable bonds is 3. The number of nitrogens with one attached hydrogen (secondary N) is 2. The number of aromatic nitrogens is 2. The van der Waals surface area contributed by atoms with Crippen molar-refractivity contribution in [2.45, 2.75) is 6.54 Å². The van der Waals surface area contributed by atoms with Gasteiger partial charge in [-0.15, -0.1) is 0 Å². The van der Waals surface area contributed by atoms with Crippen molar-refractivity contribution in [2.24, 2.45) is 5.73 Å². The van der Waals surface area contributed by atoms with Crippen LogP contribution in [0.5, 0.6) is 0 Å². The van der Waals surface area contributed by atoms with Crippen molar-refractivity contribution < 1.29 is 9.18 Å². The minimum Gasteiger partial charge on any atom is -0.348 e. The molecule has 1 aromatic carbocycles. The monoisotopic (exact) mass is 272 g/mol. The van der Waals surface area contributed by atoms with Crippen molar-refractivity contribution >= 4 is 5.91 Å². The summed E-state index contributed by atoms with van der Waals surface area (Å²) < 4.78 is 13.3. The van der Waals surface area contributed by atoms with Crippen LogP contribution in [0.4, 0.5) is 4.39 Å². The zero-order valence-corrected chi connectivity index (χ0v) is 10.6. The van der Waals surface area contributed by atoms with Crippen LogP contribution in [0.25, 0.3) is 0 Å². The van der Waals surface area contributed by atoms with E-state index in [1.807, 2.05) is 0 Å². The van der Waals surface area contributed by atoms with Crippen LogP contribution in [-0.4, -0.2) is 22.6 Å². The molecule has 1 aromatic heterocycles. The number of nitrogens with zero attached hydrogens (tertiary/aromatic N) is 1. The van der Waals surface area contributed by atoms with Gasteiger partial charge in [0, 0.05) is 23.9 Å². The van der Waals surface area contributed by atoms with Gasteiger partial charge < -0.3 is 11.1 Å². The predicted octanol–water partition coefficient (Wildman–Crippen LogP) is 0.789. The van der Waals surface area contributed by atoms with Crippen molar-refractivity contribution in [3.05, 3.63) is 53.1 Å². The van der Waals surface area contributed by atoms with Crippen molar-refractivity contribution in [1.82, 2.24) is 15.5 Å². The summed E-state index contributed by atoms with van der Waals surface area (Å²) in [6, 6.07) is 3.88. The first-order chi connectivity index (χ1) is 9.70. The number of halogens is 1. The number of nitrogens with two attached hydrogens (primary N) is 1. The minimum atomic E-state index is -0.489. The Labute approximate surface area is 115 Å². The number of H-pyrrole nitrogens is 1. The lowest BCUT2D eigenvalue weighted by atomic mass is 10.1. The second-order valence-electron chi connectivity index (χ2n) is 3.99. The van der Waals surface area contributed by atoms with Crippen LogP contribution in [-0.2, 0) is 6.54 Å². The van der Waals surface area contributed by atoms with Crippen LogP contribution >= 0.6 is 0 Å². The highest BCUT2D eigenvalue weighted by molar-refractivity contribution is 5.96. The van der Waals surface area contributed by atoms with Crippen molar-refractivity contribution in [3.63, 3.8) is 0 Å². The zero-order valence-electron chi connectivity index (χ0n) is 10.6. The Kier molecular flexibility index (Phi) is 4.47. The molecule has 0 spiro atoms. The molecular weight excluding hydrogens is 259 g/mol. The Morgan fingerprint density at radius 2 is 2.35 bits per heavy atom. The van der Waals surface area contributed by atoms with Crippen LogP contribution in [0.1, 0.15) is 21.5 Å². The Morgan fingerprint density at radius 3 is 3.05 bits per heavy atom. The summed E-state index contributed by atoms with van der Waals surface area (Å²) in [4.78, 5) is 12.1. The van der Waals surface area contributed by atoms with E-state index < -0.39 is 11.7 Å². The number of carbonyl (C=O) groups is 1. The molecule has 102 valence electrons. The molecule has 0 aliphatic carbocycles. The van der Waals surface area contributed by atoms with Gasteiger partial charge in [0.1, 0.15) is 5.82 Å². The molecule has 1 amide bonds. The van der Waals surface area contributed by atoms with E-state index in [0.717, 1.165) is 11.6 Å². The molecule has 0 atom stereocenters. The maximum absolute atomic E-state index is 13.3. The van der Waals surface area contributed by atoms with Gasteiger partial charge in [-0.1, -0.05) is 11.8 Å². The van der Waals surface area contributed by atoms with Crippen LogP contribution in [0.2, 0.25) is 0 Å². The van der Waals surface area contributed by atoms with Gasteiger partial charge in [-0.2, -0.15) is 5.10 Å². The van der Waals surface area contributed by atoms with Gasteiger partial charge in [0.05, 0.1) is 18.3 Å². The molecule has 2 rings (SSSR count). The molecule has 0 bridgehead atoms. The van der Waals surface area contributed by atoms with Crippen LogP contribution < -0.4 is 11.1 Å². The van der Waals surface area contributed by atoms with Gasteiger partial charge in [-0.05, 0) is 18.2 Å². The van der Waals surface area contributed by atoms with E-state index in [0.29, 0.717) is 12.1 Å². The molecule has 4 N–H and O–H groups in total.